The van der Waals surface area contributed by atoms with Crippen LogP contribution in [0.5, 0.6) is 0 Å². The van der Waals surface area contributed by atoms with Gasteiger partial charge in [0.1, 0.15) is 6.10 Å². The fourth-order valence-electron chi connectivity index (χ4n) is 1.90. The molecule has 114 valence electrons. The first-order chi connectivity index (χ1) is 10.6. The molecule has 0 radical (unpaired) electrons. The minimum atomic E-state index is -0.710. The molecule has 0 aliphatic carbocycles. The predicted octanol–water partition coefficient (Wildman–Crippen LogP) is 4.65. The number of hydrogen-bond donors (Lipinski definition) is 2. The van der Waals surface area contributed by atoms with Gasteiger partial charge in [0, 0.05) is 21.2 Å². The minimum Gasteiger partial charge on any atom is -0.386 e. The van der Waals surface area contributed by atoms with Crippen molar-refractivity contribution in [2.75, 3.05) is 6.54 Å². The number of nitrogens with one attached hydrogen (secondary N) is 1. The van der Waals surface area contributed by atoms with Crippen molar-refractivity contribution in [2.45, 2.75) is 6.10 Å². The second-order valence-corrected chi connectivity index (χ2v) is 8.29. The van der Waals surface area contributed by atoms with Gasteiger partial charge in [-0.3, -0.25) is 4.79 Å². The van der Waals surface area contributed by atoms with Crippen LogP contribution in [-0.2, 0) is 0 Å². The quantitative estimate of drug-likeness (QED) is 0.687. The first-order valence-electron chi connectivity index (χ1n) is 6.48. The molecule has 0 saturated heterocycles. The molecule has 3 aromatic rings. The Bertz CT molecular complexity index is 763. The highest BCUT2D eigenvalue weighted by atomic mass is 35.5. The van der Waals surface area contributed by atoms with Crippen LogP contribution in [0.3, 0.4) is 0 Å². The largest absolute Gasteiger partial charge is 0.386 e. The van der Waals surface area contributed by atoms with Gasteiger partial charge in [-0.05, 0) is 35.7 Å². The molecular formula is C15H12ClNO2S3. The molecule has 7 heteroatoms. The lowest BCUT2D eigenvalue weighted by Gasteiger charge is -2.09. The van der Waals surface area contributed by atoms with E-state index >= 15 is 0 Å². The molecule has 0 aliphatic heterocycles. The monoisotopic (exact) mass is 369 g/mol. The summed E-state index contributed by atoms with van der Waals surface area (Å²) < 4.78 is 0.574. The van der Waals surface area contributed by atoms with E-state index in [1.165, 1.54) is 16.2 Å². The van der Waals surface area contributed by atoms with E-state index in [4.69, 9.17) is 11.6 Å². The first kappa shape index (κ1) is 15.7. The number of halogens is 1. The second-order valence-electron chi connectivity index (χ2n) is 4.51. The van der Waals surface area contributed by atoms with E-state index in [1.807, 2.05) is 23.6 Å². The van der Waals surface area contributed by atoms with Crippen molar-refractivity contribution in [3.05, 3.63) is 55.9 Å². The lowest BCUT2D eigenvalue weighted by Crippen LogP contribution is -2.27. The summed E-state index contributed by atoms with van der Waals surface area (Å²) in [6.45, 7) is 0.179. The topological polar surface area (TPSA) is 49.3 Å². The number of carbonyl (C=O) groups is 1. The third-order valence-corrected chi connectivity index (χ3v) is 6.45. The molecule has 2 N–H and O–H groups in total. The Kier molecular flexibility index (Phi) is 4.95. The highest BCUT2D eigenvalue weighted by molar-refractivity contribution is 7.21. The van der Waals surface area contributed by atoms with Crippen molar-refractivity contribution in [3.63, 3.8) is 0 Å². The molecule has 0 fully saturated rings. The number of carbonyl (C=O) groups excluding carboxylic acids is 1. The summed E-state index contributed by atoms with van der Waals surface area (Å²) in [5.41, 5.74) is 0. The molecule has 0 spiro atoms. The standard InChI is InChI=1S/C15H12ClNO2S3/c16-14-6-5-13(22-14)15(19)17-8-9(18)10-3-4-12(21-10)11-2-1-7-20-11/h1-7,9,18H,8H2,(H,17,19)/t9-/m0/s1. The van der Waals surface area contributed by atoms with E-state index in [0.29, 0.717) is 9.21 Å². The van der Waals surface area contributed by atoms with Crippen molar-refractivity contribution < 1.29 is 9.90 Å². The Morgan fingerprint density at radius 3 is 2.73 bits per heavy atom. The number of aliphatic hydroxyl groups is 1. The molecule has 22 heavy (non-hydrogen) atoms. The maximum atomic E-state index is 11.9. The summed E-state index contributed by atoms with van der Waals surface area (Å²) in [6, 6.07) is 11.3. The lowest BCUT2D eigenvalue weighted by atomic mass is 10.3. The Balaban J connectivity index is 1.60. The number of aliphatic hydroxyl groups excluding tert-OH is 1. The average molecular weight is 370 g/mol. The molecule has 1 amide bonds. The van der Waals surface area contributed by atoms with E-state index < -0.39 is 6.10 Å². The second kappa shape index (κ2) is 6.93. The molecule has 0 aromatic carbocycles. The van der Waals surface area contributed by atoms with E-state index in [2.05, 4.69) is 11.4 Å². The van der Waals surface area contributed by atoms with Gasteiger partial charge >= 0.3 is 0 Å². The van der Waals surface area contributed by atoms with Crippen LogP contribution < -0.4 is 5.32 Å². The molecule has 1 atom stereocenters. The molecule has 3 rings (SSSR count). The Morgan fingerprint density at radius 2 is 2.05 bits per heavy atom. The summed E-state index contributed by atoms with van der Waals surface area (Å²) >= 11 is 10.2. The Morgan fingerprint density at radius 1 is 1.18 bits per heavy atom. The highest BCUT2D eigenvalue weighted by Gasteiger charge is 2.14. The van der Waals surface area contributed by atoms with Crippen molar-refractivity contribution >= 4 is 51.5 Å². The summed E-state index contributed by atoms with van der Waals surface area (Å²) in [7, 11) is 0. The van der Waals surface area contributed by atoms with Gasteiger partial charge < -0.3 is 10.4 Å². The summed E-state index contributed by atoms with van der Waals surface area (Å²) in [6.07, 6.45) is -0.710. The fraction of sp³-hybridized carbons (Fsp3) is 0.133. The van der Waals surface area contributed by atoms with Crippen molar-refractivity contribution in [2.24, 2.45) is 0 Å². The maximum Gasteiger partial charge on any atom is 0.261 e. The normalized spacial score (nSPS) is 12.3. The van der Waals surface area contributed by atoms with Gasteiger partial charge in [-0.25, -0.2) is 0 Å². The number of thiophene rings is 3. The van der Waals surface area contributed by atoms with E-state index in [0.717, 1.165) is 9.75 Å². The zero-order valence-corrected chi connectivity index (χ0v) is 14.5. The number of amides is 1. The van der Waals surface area contributed by atoms with E-state index in [-0.39, 0.29) is 12.5 Å². The fourth-order valence-corrected chi connectivity index (χ4v) is 4.68. The summed E-state index contributed by atoms with van der Waals surface area (Å²) in [4.78, 5) is 15.6. The van der Waals surface area contributed by atoms with Crippen LogP contribution in [0.15, 0.2) is 41.8 Å². The summed E-state index contributed by atoms with van der Waals surface area (Å²) in [5.74, 6) is -0.217. The number of hydrogen-bond acceptors (Lipinski definition) is 5. The lowest BCUT2D eigenvalue weighted by molar-refractivity contribution is 0.0922. The minimum absolute atomic E-state index is 0.179. The SMILES string of the molecule is O=C(NC[C@H](O)c1ccc(-c2cccs2)s1)c1ccc(Cl)s1. The molecule has 3 heterocycles. The Hall–Kier alpha value is -1.18. The van der Waals surface area contributed by atoms with Crippen molar-refractivity contribution in [1.29, 1.82) is 0 Å². The van der Waals surface area contributed by atoms with E-state index in [9.17, 15) is 9.90 Å². The first-order valence-corrected chi connectivity index (χ1v) is 9.38. The van der Waals surface area contributed by atoms with Crippen LogP contribution in [0.2, 0.25) is 4.34 Å². The maximum absolute atomic E-state index is 11.9. The van der Waals surface area contributed by atoms with E-state index in [1.54, 1.807) is 34.8 Å². The molecule has 0 unspecified atom stereocenters. The Labute approximate surface area is 144 Å². The predicted molar refractivity (Wildman–Crippen MR) is 94.3 cm³/mol. The highest BCUT2D eigenvalue weighted by Crippen LogP contribution is 2.33. The zero-order chi connectivity index (χ0) is 15.5. The molecule has 0 saturated carbocycles. The molecule has 0 aliphatic rings. The van der Waals surface area contributed by atoms with Gasteiger partial charge in [-0.1, -0.05) is 17.7 Å². The van der Waals surface area contributed by atoms with Crippen LogP contribution in [0.1, 0.15) is 20.7 Å². The van der Waals surface area contributed by atoms with Crippen LogP contribution in [0.4, 0.5) is 0 Å². The van der Waals surface area contributed by atoms with Gasteiger partial charge in [0.15, 0.2) is 0 Å². The molecule has 3 aromatic heterocycles. The molecule has 3 nitrogen and oxygen atoms in total. The summed E-state index contributed by atoms with van der Waals surface area (Å²) in [5, 5.41) is 15.0. The average Bonchev–Trinajstić information content (AvgIpc) is 3.23. The third kappa shape index (κ3) is 3.59. The van der Waals surface area contributed by atoms with Crippen molar-refractivity contribution in [3.8, 4) is 9.75 Å². The molecule has 0 bridgehead atoms. The third-order valence-electron chi connectivity index (χ3n) is 2.97. The van der Waals surface area contributed by atoms with Gasteiger partial charge in [-0.2, -0.15) is 0 Å². The number of rotatable bonds is 5. The van der Waals surface area contributed by atoms with Gasteiger partial charge in [0.2, 0.25) is 0 Å². The van der Waals surface area contributed by atoms with Crippen LogP contribution in [0, 0.1) is 0 Å². The van der Waals surface area contributed by atoms with Gasteiger partial charge in [-0.15, -0.1) is 34.0 Å². The molecular weight excluding hydrogens is 358 g/mol. The zero-order valence-electron chi connectivity index (χ0n) is 11.3. The van der Waals surface area contributed by atoms with Crippen LogP contribution in [0.25, 0.3) is 9.75 Å². The van der Waals surface area contributed by atoms with Gasteiger partial charge in [0.25, 0.3) is 5.91 Å². The van der Waals surface area contributed by atoms with Crippen LogP contribution in [-0.4, -0.2) is 17.6 Å². The smallest absolute Gasteiger partial charge is 0.261 e. The van der Waals surface area contributed by atoms with Crippen LogP contribution >= 0.6 is 45.6 Å². The van der Waals surface area contributed by atoms with Crippen molar-refractivity contribution in [1.82, 2.24) is 5.32 Å². The van der Waals surface area contributed by atoms with Gasteiger partial charge in [0.05, 0.1) is 9.21 Å².